The maximum Gasteiger partial charge on any atom is 0.408 e. The van der Waals surface area contributed by atoms with Crippen molar-refractivity contribution in [2.24, 2.45) is 0 Å². The van der Waals surface area contributed by atoms with E-state index in [-0.39, 0.29) is 5.56 Å². The third kappa shape index (κ3) is 3.18. The minimum Gasteiger partial charge on any atom is -0.341 e. The van der Waals surface area contributed by atoms with E-state index < -0.39 is 23.5 Å². The highest BCUT2D eigenvalue weighted by Gasteiger charge is 2.45. The summed E-state index contributed by atoms with van der Waals surface area (Å²) in [6.07, 6.45) is -3.05. The summed E-state index contributed by atoms with van der Waals surface area (Å²) >= 11 is 0. The number of nitrogens with one attached hydrogen (secondary N) is 1. The van der Waals surface area contributed by atoms with E-state index in [1.165, 1.54) is 12.1 Å². The van der Waals surface area contributed by atoms with Gasteiger partial charge in [0.05, 0.1) is 11.5 Å². The molecule has 1 amide bonds. The van der Waals surface area contributed by atoms with Gasteiger partial charge in [0.2, 0.25) is 0 Å². The molecule has 0 aromatic heterocycles. The van der Waals surface area contributed by atoms with Crippen LogP contribution in [0.25, 0.3) is 0 Å². The van der Waals surface area contributed by atoms with Crippen molar-refractivity contribution in [3.8, 4) is 6.07 Å². The van der Waals surface area contributed by atoms with E-state index in [2.05, 4.69) is 6.07 Å². The lowest BCUT2D eigenvalue weighted by Crippen LogP contribution is -2.43. The Hall–Kier alpha value is -2.03. The quantitative estimate of drug-likeness (QED) is 0.931. The summed E-state index contributed by atoms with van der Waals surface area (Å²) < 4.78 is 37.4. The molecule has 3 nitrogen and oxygen atoms in total. The number of nitriles is 1. The molecule has 0 spiro atoms. The first kappa shape index (κ1) is 15.4. The van der Waals surface area contributed by atoms with Crippen LogP contribution in [0.1, 0.15) is 41.3 Å². The molecular weight excluding hydrogens is 281 g/mol. The van der Waals surface area contributed by atoms with Gasteiger partial charge in [-0.15, -0.1) is 0 Å². The number of aryl methyl sites for hydroxylation is 1. The minimum atomic E-state index is -4.48. The average Bonchev–Trinajstić information content (AvgIpc) is 3.17. The van der Waals surface area contributed by atoms with Crippen molar-refractivity contribution >= 4 is 5.91 Å². The smallest absolute Gasteiger partial charge is 0.341 e. The summed E-state index contributed by atoms with van der Waals surface area (Å²) in [6, 6.07) is 5.14. The van der Waals surface area contributed by atoms with Gasteiger partial charge in [-0.25, -0.2) is 0 Å². The van der Waals surface area contributed by atoms with Crippen molar-refractivity contribution < 1.29 is 18.0 Å². The highest BCUT2D eigenvalue weighted by atomic mass is 19.4. The Bertz CT molecular complexity index is 612. The van der Waals surface area contributed by atoms with E-state index >= 15 is 0 Å². The molecule has 0 bridgehead atoms. The maximum absolute atomic E-state index is 12.5. The topological polar surface area (TPSA) is 52.9 Å². The van der Waals surface area contributed by atoms with Crippen LogP contribution in [0.3, 0.4) is 0 Å². The fraction of sp³-hybridized carbons (Fsp3) is 0.467. The lowest BCUT2D eigenvalue weighted by molar-refractivity contribution is -0.149. The molecule has 2 rings (SSSR count). The molecule has 6 heteroatoms. The second kappa shape index (κ2) is 5.06. The molecule has 0 radical (unpaired) electrons. The predicted octanol–water partition coefficient (Wildman–Crippen LogP) is 3.23. The Kier molecular flexibility index (Phi) is 3.70. The molecule has 1 aliphatic carbocycles. The van der Waals surface area contributed by atoms with Crippen LogP contribution in [0.2, 0.25) is 0 Å². The largest absolute Gasteiger partial charge is 0.408 e. The van der Waals surface area contributed by atoms with Gasteiger partial charge in [-0.3, -0.25) is 4.79 Å². The molecule has 1 fully saturated rings. The maximum atomic E-state index is 12.5. The number of hydrogen-bond acceptors (Lipinski definition) is 2. The Morgan fingerprint density at radius 2 is 2.00 bits per heavy atom. The highest BCUT2D eigenvalue weighted by molar-refractivity contribution is 5.95. The van der Waals surface area contributed by atoms with Crippen LogP contribution in [0, 0.1) is 18.3 Å². The van der Waals surface area contributed by atoms with Crippen LogP contribution >= 0.6 is 0 Å². The van der Waals surface area contributed by atoms with Crippen LogP contribution in [0.4, 0.5) is 13.2 Å². The zero-order chi connectivity index (χ0) is 15.8. The third-order valence-electron chi connectivity index (χ3n) is 3.69. The molecule has 1 saturated carbocycles. The van der Waals surface area contributed by atoms with Crippen molar-refractivity contribution in [3.05, 3.63) is 34.9 Å². The molecule has 0 heterocycles. The van der Waals surface area contributed by atoms with Gasteiger partial charge in [-0.1, -0.05) is 11.6 Å². The SMILES string of the molecule is Cc1cc(C(=O)NC(C)C(F)(F)F)cc(C2(C#N)CC2)c1. The summed E-state index contributed by atoms with van der Waals surface area (Å²) in [4.78, 5) is 11.9. The number of carbonyl (C=O) groups excluding carboxylic acids is 1. The van der Waals surface area contributed by atoms with Crippen LogP contribution in [0.5, 0.6) is 0 Å². The second-order valence-corrected chi connectivity index (χ2v) is 5.52. The van der Waals surface area contributed by atoms with Crippen LogP contribution in [-0.4, -0.2) is 18.1 Å². The predicted molar refractivity (Wildman–Crippen MR) is 70.7 cm³/mol. The molecule has 21 heavy (non-hydrogen) atoms. The van der Waals surface area contributed by atoms with Crippen molar-refractivity contribution in [1.82, 2.24) is 5.32 Å². The number of nitrogens with zero attached hydrogens (tertiary/aromatic N) is 1. The Balaban J connectivity index is 2.25. The second-order valence-electron chi connectivity index (χ2n) is 5.52. The Morgan fingerprint density at radius 1 is 1.38 bits per heavy atom. The number of halogens is 3. The van der Waals surface area contributed by atoms with Gasteiger partial charge < -0.3 is 5.32 Å². The lowest BCUT2D eigenvalue weighted by atomic mass is 9.93. The molecule has 1 N–H and O–H groups in total. The number of amides is 1. The summed E-state index contributed by atoms with van der Waals surface area (Å²) in [5, 5.41) is 11.1. The molecular formula is C15H15F3N2O. The van der Waals surface area contributed by atoms with E-state index in [0.717, 1.165) is 12.5 Å². The molecule has 1 aromatic rings. The van der Waals surface area contributed by atoms with Crippen LogP contribution in [-0.2, 0) is 5.41 Å². The molecule has 1 unspecified atom stereocenters. The summed E-state index contributed by atoms with van der Waals surface area (Å²) in [7, 11) is 0. The number of carbonyl (C=O) groups is 1. The molecule has 0 aliphatic heterocycles. The van der Waals surface area contributed by atoms with Gasteiger partial charge in [0.1, 0.15) is 6.04 Å². The molecule has 1 atom stereocenters. The molecule has 112 valence electrons. The first-order chi connectivity index (χ1) is 9.68. The van der Waals surface area contributed by atoms with Gasteiger partial charge in [0.15, 0.2) is 0 Å². The number of hydrogen-bond donors (Lipinski definition) is 1. The van der Waals surface area contributed by atoms with E-state index in [0.29, 0.717) is 18.4 Å². The minimum absolute atomic E-state index is 0.155. The van der Waals surface area contributed by atoms with Gasteiger partial charge in [-0.2, -0.15) is 18.4 Å². The van der Waals surface area contributed by atoms with E-state index in [9.17, 15) is 23.2 Å². The Morgan fingerprint density at radius 3 is 2.48 bits per heavy atom. The number of rotatable bonds is 3. The van der Waals surface area contributed by atoms with E-state index in [1.807, 2.05) is 5.32 Å². The average molecular weight is 296 g/mol. The fourth-order valence-electron chi connectivity index (χ4n) is 2.14. The van der Waals surface area contributed by atoms with E-state index in [1.54, 1.807) is 13.0 Å². The molecule has 1 aromatic carbocycles. The van der Waals surface area contributed by atoms with Gasteiger partial charge in [-0.05, 0) is 44.4 Å². The van der Waals surface area contributed by atoms with Gasteiger partial charge in [0, 0.05) is 5.56 Å². The summed E-state index contributed by atoms with van der Waals surface area (Å²) in [6.45, 7) is 2.65. The van der Waals surface area contributed by atoms with Gasteiger partial charge in [0.25, 0.3) is 5.91 Å². The standard InChI is InChI=1S/C15H15F3N2O/c1-9-5-11(13(21)20-10(2)15(16,17)18)7-12(6-9)14(8-19)3-4-14/h5-7,10H,3-4H2,1-2H3,(H,20,21). The Labute approximate surface area is 120 Å². The van der Waals surface area contributed by atoms with E-state index in [4.69, 9.17) is 0 Å². The summed E-state index contributed by atoms with van der Waals surface area (Å²) in [5.74, 6) is -0.779. The lowest BCUT2D eigenvalue weighted by Gasteiger charge is -2.18. The first-order valence-electron chi connectivity index (χ1n) is 6.59. The first-order valence-corrected chi connectivity index (χ1v) is 6.59. The van der Waals surface area contributed by atoms with Crippen molar-refractivity contribution in [2.75, 3.05) is 0 Å². The van der Waals surface area contributed by atoms with Crippen molar-refractivity contribution in [1.29, 1.82) is 5.26 Å². The van der Waals surface area contributed by atoms with Crippen molar-refractivity contribution in [2.45, 2.75) is 44.3 Å². The fourth-order valence-corrected chi connectivity index (χ4v) is 2.14. The normalized spacial score (nSPS) is 17.7. The number of alkyl halides is 3. The van der Waals surface area contributed by atoms with Crippen LogP contribution in [0.15, 0.2) is 18.2 Å². The third-order valence-corrected chi connectivity index (χ3v) is 3.69. The number of benzene rings is 1. The monoisotopic (exact) mass is 296 g/mol. The molecule has 0 saturated heterocycles. The van der Waals surface area contributed by atoms with Gasteiger partial charge >= 0.3 is 6.18 Å². The molecule has 1 aliphatic rings. The highest BCUT2D eigenvalue weighted by Crippen LogP contribution is 2.47. The summed E-state index contributed by atoms with van der Waals surface area (Å²) in [5.41, 5.74) is 1.03. The zero-order valence-electron chi connectivity index (χ0n) is 11.7. The van der Waals surface area contributed by atoms with Crippen molar-refractivity contribution in [3.63, 3.8) is 0 Å². The zero-order valence-corrected chi connectivity index (χ0v) is 11.7. The van der Waals surface area contributed by atoms with Crippen LogP contribution < -0.4 is 5.32 Å².